The van der Waals surface area contributed by atoms with E-state index in [1.807, 2.05) is 0 Å². The van der Waals surface area contributed by atoms with Crippen molar-refractivity contribution in [2.24, 2.45) is 0 Å². The van der Waals surface area contributed by atoms with Crippen LogP contribution in [0.1, 0.15) is 0 Å². The molecule has 0 amide bonds. The van der Waals surface area contributed by atoms with E-state index in [4.69, 9.17) is 9.11 Å². The Bertz CT molecular complexity index is 229. The maximum Gasteiger partial charge on any atom is 0.397 e. The molecule has 0 bridgehead atoms. The van der Waals surface area contributed by atoms with Gasteiger partial charge in [0.2, 0.25) is 0 Å². The van der Waals surface area contributed by atoms with Gasteiger partial charge in [-0.1, -0.05) is 6.58 Å². The van der Waals surface area contributed by atoms with E-state index in [9.17, 15) is 12.6 Å². The number of rotatable bonds is 3. The van der Waals surface area contributed by atoms with E-state index in [0.29, 0.717) is 0 Å². The molecule has 0 rings (SSSR count). The summed E-state index contributed by atoms with van der Waals surface area (Å²) in [4.78, 5) is 0. The van der Waals surface area contributed by atoms with Crippen LogP contribution in [0.15, 0.2) is 12.8 Å². The third kappa shape index (κ3) is 22.7. The van der Waals surface area contributed by atoms with Crippen LogP contribution in [0.25, 0.3) is 0 Å². The molecule has 0 fully saturated rings. The monoisotopic (exact) mass is 220 g/mol. The zero-order valence-electron chi connectivity index (χ0n) is 6.04. The van der Waals surface area contributed by atoms with Gasteiger partial charge in [0.25, 0.3) is 0 Å². The van der Waals surface area contributed by atoms with Gasteiger partial charge < -0.3 is 4.18 Å². The standard InChI is InChI=1S/C2H4O3S.CH4O4S/c1-2-5-6(3)4;1-5-6(2,3)4/h2H,1H2,(H,3,4);1H3,(H,2,3,4). The lowest BCUT2D eigenvalue weighted by Crippen LogP contribution is -1.96. The average Bonchev–Trinajstić information content (AvgIpc) is 1.87. The molecule has 0 aromatic heterocycles. The van der Waals surface area contributed by atoms with E-state index < -0.39 is 21.8 Å². The molecule has 7 nitrogen and oxygen atoms in total. The van der Waals surface area contributed by atoms with Crippen molar-refractivity contribution in [3.8, 4) is 0 Å². The van der Waals surface area contributed by atoms with Crippen molar-refractivity contribution in [2.75, 3.05) is 7.11 Å². The van der Waals surface area contributed by atoms with Crippen LogP contribution < -0.4 is 0 Å². The summed E-state index contributed by atoms with van der Waals surface area (Å²) in [7, 11) is -3.29. The molecule has 0 aliphatic heterocycles. The normalized spacial score (nSPS) is 12.2. The molecule has 0 aromatic rings. The maximum absolute atomic E-state index is 9.42. The Kier molecular flexibility index (Phi) is 8.42. The molecule has 1 unspecified atom stereocenters. The van der Waals surface area contributed by atoms with Gasteiger partial charge in [-0.25, -0.2) is 0 Å². The summed E-state index contributed by atoms with van der Waals surface area (Å²) >= 11 is -2.18. The predicted molar refractivity (Wildman–Crippen MR) is 40.6 cm³/mol. The summed E-state index contributed by atoms with van der Waals surface area (Å²) in [5, 5.41) is 0. The molecule has 74 valence electrons. The summed E-state index contributed by atoms with van der Waals surface area (Å²) in [6, 6.07) is 0. The van der Waals surface area contributed by atoms with Gasteiger partial charge in [-0.15, -0.1) is 0 Å². The van der Waals surface area contributed by atoms with Gasteiger partial charge in [-0.3, -0.25) is 13.3 Å². The number of hydrogen-bond donors (Lipinski definition) is 2. The van der Waals surface area contributed by atoms with Crippen LogP contribution in [0.3, 0.4) is 0 Å². The molecule has 0 radical (unpaired) electrons. The summed E-state index contributed by atoms with van der Waals surface area (Å²) in [5.41, 5.74) is 0. The minimum atomic E-state index is -4.16. The van der Waals surface area contributed by atoms with Crippen LogP contribution in [-0.4, -0.2) is 28.8 Å². The minimum Gasteiger partial charge on any atom is -0.389 e. The van der Waals surface area contributed by atoms with Crippen molar-refractivity contribution in [3.63, 3.8) is 0 Å². The molecular weight excluding hydrogens is 212 g/mol. The van der Waals surface area contributed by atoms with Gasteiger partial charge in [0.05, 0.1) is 13.4 Å². The largest absolute Gasteiger partial charge is 0.397 e. The summed E-state index contributed by atoms with van der Waals surface area (Å²) in [6.45, 7) is 3.03. The molecule has 9 heteroatoms. The van der Waals surface area contributed by atoms with Crippen molar-refractivity contribution < 1.29 is 30.1 Å². The SMILES string of the molecule is C=COS(=O)O.COS(=O)(=O)O. The van der Waals surface area contributed by atoms with Gasteiger partial charge in [0, 0.05) is 0 Å². The molecule has 0 aromatic carbocycles. The maximum atomic E-state index is 9.42. The second-order valence-corrected chi connectivity index (χ2v) is 2.89. The Morgan fingerprint density at radius 2 is 1.92 bits per heavy atom. The van der Waals surface area contributed by atoms with E-state index in [-0.39, 0.29) is 0 Å². The van der Waals surface area contributed by atoms with Crippen LogP contribution in [0.5, 0.6) is 0 Å². The third-order valence-electron chi connectivity index (χ3n) is 0.361. The highest BCUT2D eigenvalue weighted by Crippen LogP contribution is 1.75. The van der Waals surface area contributed by atoms with Gasteiger partial charge in [0.1, 0.15) is 0 Å². The fraction of sp³-hybridized carbons (Fsp3) is 0.333. The first-order chi connectivity index (χ1) is 5.33. The second kappa shape index (κ2) is 7.18. The van der Waals surface area contributed by atoms with Crippen LogP contribution >= 0.6 is 0 Å². The minimum absolute atomic E-state index is 0.870. The molecule has 1 atom stereocenters. The summed E-state index contributed by atoms with van der Waals surface area (Å²) < 4.78 is 50.7. The fourth-order valence-corrected chi connectivity index (χ4v) is 0.175. The Morgan fingerprint density at radius 1 is 1.58 bits per heavy atom. The smallest absolute Gasteiger partial charge is 0.389 e. The zero-order chi connectivity index (χ0) is 10.2. The van der Waals surface area contributed by atoms with E-state index in [1.54, 1.807) is 0 Å². The summed E-state index contributed by atoms with van der Waals surface area (Å²) in [5.74, 6) is 0. The molecule has 0 spiro atoms. The predicted octanol–water partition coefficient (Wildman–Crippen LogP) is -0.281. The van der Waals surface area contributed by atoms with Crippen molar-refractivity contribution in [1.82, 2.24) is 0 Å². The first-order valence-electron chi connectivity index (χ1n) is 2.25. The van der Waals surface area contributed by atoms with Gasteiger partial charge in [-0.05, 0) is 0 Å². The molecule has 2 N–H and O–H groups in total. The van der Waals surface area contributed by atoms with Crippen LogP contribution in [0.2, 0.25) is 0 Å². The zero-order valence-corrected chi connectivity index (χ0v) is 7.67. The summed E-state index contributed by atoms with van der Waals surface area (Å²) in [6.07, 6.45) is 0.899. The van der Waals surface area contributed by atoms with Crippen LogP contribution in [0.4, 0.5) is 0 Å². The van der Waals surface area contributed by atoms with Crippen molar-refractivity contribution in [1.29, 1.82) is 0 Å². The lowest BCUT2D eigenvalue weighted by atomic mass is 11.2. The Hall–Kier alpha value is -0.480. The Morgan fingerprint density at radius 3 is 1.92 bits per heavy atom. The fourth-order valence-electron chi connectivity index (χ4n) is 0.0582. The van der Waals surface area contributed by atoms with Crippen molar-refractivity contribution in [3.05, 3.63) is 12.8 Å². The van der Waals surface area contributed by atoms with Crippen LogP contribution in [0, 0.1) is 0 Å². The lowest BCUT2D eigenvalue weighted by Gasteiger charge is -1.82. The van der Waals surface area contributed by atoms with Crippen molar-refractivity contribution in [2.45, 2.75) is 0 Å². The first-order valence-corrected chi connectivity index (χ1v) is 4.65. The topological polar surface area (TPSA) is 110 Å². The molecule has 0 aliphatic carbocycles. The van der Waals surface area contributed by atoms with E-state index >= 15 is 0 Å². The number of hydrogen-bond acceptors (Lipinski definition) is 5. The molecule has 0 saturated carbocycles. The molecule has 0 saturated heterocycles. The average molecular weight is 220 g/mol. The highest BCUT2D eigenvalue weighted by atomic mass is 32.3. The lowest BCUT2D eigenvalue weighted by molar-refractivity contribution is 0.324. The molecular formula is C3H8O7S2. The Labute approximate surface area is 72.4 Å². The Balaban J connectivity index is 0. The van der Waals surface area contributed by atoms with E-state index in [0.717, 1.165) is 13.4 Å². The van der Waals surface area contributed by atoms with Crippen molar-refractivity contribution >= 4 is 21.8 Å². The van der Waals surface area contributed by atoms with E-state index in [1.165, 1.54) is 0 Å². The quantitative estimate of drug-likeness (QED) is 0.382. The molecule has 0 aliphatic rings. The molecule has 12 heavy (non-hydrogen) atoms. The van der Waals surface area contributed by atoms with Crippen LogP contribution in [-0.2, 0) is 30.1 Å². The molecule has 0 heterocycles. The van der Waals surface area contributed by atoms with Gasteiger partial charge in [-0.2, -0.15) is 12.6 Å². The van der Waals surface area contributed by atoms with Gasteiger partial charge in [0.15, 0.2) is 0 Å². The van der Waals surface area contributed by atoms with E-state index in [2.05, 4.69) is 14.9 Å². The second-order valence-electron chi connectivity index (χ2n) is 1.07. The highest BCUT2D eigenvalue weighted by Gasteiger charge is 1.94. The first kappa shape index (κ1) is 14.1. The highest BCUT2D eigenvalue weighted by molar-refractivity contribution is 7.80. The van der Waals surface area contributed by atoms with Gasteiger partial charge >= 0.3 is 21.8 Å². The third-order valence-corrected chi connectivity index (χ3v) is 1.08.